The molecule has 5 nitrogen and oxygen atoms in total. The lowest BCUT2D eigenvalue weighted by Gasteiger charge is -2.32. The molecule has 0 bridgehead atoms. The molecule has 0 radical (unpaired) electrons. The highest BCUT2D eigenvalue weighted by Crippen LogP contribution is 2.37. The SMILES string of the molecule is CC1(C)OB(c2cc(C=O)ncc2OC2CC2)OC1(C)C. The molecule has 0 N–H and O–H groups in total. The number of ether oxygens (including phenoxy) is 1. The van der Waals surface area contributed by atoms with Crippen molar-refractivity contribution in [3.63, 3.8) is 0 Å². The molecule has 0 spiro atoms. The van der Waals surface area contributed by atoms with Crippen LogP contribution < -0.4 is 10.2 Å². The third-order valence-electron chi connectivity index (χ3n) is 4.36. The van der Waals surface area contributed by atoms with E-state index in [-0.39, 0.29) is 6.10 Å². The second-order valence-electron chi connectivity index (χ2n) is 6.67. The summed E-state index contributed by atoms with van der Waals surface area (Å²) in [5.74, 6) is 0.640. The van der Waals surface area contributed by atoms with Gasteiger partial charge in [-0.1, -0.05) is 0 Å². The van der Waals surface area contributed by atoms with Crippen molar-refractivity contribution in [1.82, 2.24) is 4.98 Å². The van der Waals surface area contributed by atoms with Crippen LogP contribution in [0.4, 0.5) is 0 Å². The van der Waals surface area contributed by atoms with Crippen LogP contribution in [0.2, 0.25) is 0 Å². The molecule has 1 aromatic rings. The number of aldehydes is 1. The average molecular weight is 289 g/mol. The molecule has 2 aliphatic rings. The van der Waals surface area contributed by atoms with Crippen LogP contribution in [0, 0.1) is 0 Å². The number of hydrogen-bond acceptors (Lipinski definition) is 5. The Morgan fingerprint density at radius 3 is 2.43 bits per heavy atom. The molecule has 0 unspecified atom stereocenters. The molecule has 0 amide bonds. The van der Waals surface area contributed by atoms with E-state index in [2.05, 4.69) is 4.98 Å². The summed E-state index contributed by atoms with van der Waals surface area (Å²) in [7, 11) is -0.551. The summed E-state index contributed by atoms with van der Waals surface area (Å²) in [6.07, 6.45) is 4.66. The zero-order chi connectivity index (χ0) is 15.3. The first-order chi connectivity index (χ1) is 9.82. The van der Waals surface area contributed by atoms with Crippen molar-refractivity contribution >= 4 is 18.9 Å². The summed E-state index contributed by atoms with van der Waals surface area (Å²) >= 11 is 0. The smallest absolute Gasteiger partial charge is 0.489 e. The third kappa shape index (κ3) is 2.70. The van der Waals surface area contributed by atoms with Crippen molar-refractivity contribution in [2.24, 2.45) is 0 Å². The molecule has 3 rings (SSSR count). The molecule has 112 valence electrons. The van der Waals surface area contributed by atoms with Gasteiger partial charge >= 0.3 is 7.12 Å². The van der Waals surface area contributed by atoms with Crippen molar-refractivity contribution in [2.75, 3.05) is 0 Å². The highest BCUT2D eigenvalue weighted by Gasteiger charge is 2.52. The van der Waals surface area contributed by atoms with E-state index in [0.717, 1.165) is 24.6 Å². The van der Waals surface area contributed by atoms with E-state index >= 15 is 0 Å². The molecular formula is C15H20BNO4. The molecule has 21 heavy (non-hydrogen) atoms. The predicted molar refractivity (Wildman–Crippen MR) is 79.0 cm³/mol. The topological polar surface area (TPSA) is 57.7 Å². The first-order valence-electron chi connectivity index (χ1n) is 7.30. The Morgan fingerprint density at radius 1 is 1.29 bits per heavy atom. The van der Waals surface area contributed by atoms with E-state index in [4.69, 9.17) is 14.0 Å². The van der Waals surface area contributed by atoms with Crippen LogP contribution in [0.25, 0.3) is 0 Å². The third-order valence-corrected chi connectivity index (χ3v) is 4.36. The van der Waals surface area contributed by atoms with Crippen LogP contribution in [0.5, 0.6) is 5.75 Å². The summed E-state index contributed by atoms with van der Waals surface area (Å²) in [5, 5.41) is 0. The molecule has 0 aromatic carbocycles. The maximum Gasteiger partial charge on any atom is 0.498 e. The van der Waals surface area contributed by atoms with E-state index in [1.165, 1.54) is 0 Å². The molecule has 2 heterocycles. The van der Waals surface area contributed by atoms with Crippen LogP contribution in [-0.2, 0) is 9.31 Å². The molecule has 1 saturated carbocycles. The van der Waals surface area contributed by atoms with Gasteiger partial charge in [0.1, 0.15) is 11.4 Å². The van der Waals surface area contributed by atoms with Crippen molar-refractivity contribution in [1.29, 1.82) is 0 Å². The lowest BCUT2D eigenvalue weighted by atomic mass is 9.78. The molecule has 6 heteroatoms. The quantitative estimate of drug-likeness (QED) is 0.624. The standard InChI is InChI=1S/C15H20BNO4/c1-14(2)15(3,4)21-16(20-14)12-7-10(9-18)17-8-13(12)19-11-5-6-11/h7-9,11H,5-6H2,1-4H3. The van der Waals surface area contributed by atoms with Gasteiger partial charge in [-0.3, -0.25) is 4.79 Å². The molecule has 1 saturated heterocycles. The molecular weight excluding hydrogens is 269 g/mol. The van der Waals surface area contributed by atoms with Crippen molar-refractivity contribution < 1.29 is 18.8 Å². The van der Waals surface area contributed by atoms with Crippen molar-refractivity contribution in [3.8, 4) is 5.75 Å². The van der Waals surface area contributed by atoms with Gasteiger partial charge < -0.3 is 14.0 Å². The molecule has 2 fully saturated rings. The molecule has 1 aromatic heterocycles. The Balaban J connectivity index is 1.94. The summed E-state index contributed by atoms with van der Waals surface area (Å²) in [6, 6.07) is 1.69. The second kappa shape index (κ2) is 4.82. The Bertz CT molecular complexity index is 553. The van der Waals surface area contributed by atoms with Gasteiger partial charge in [-0.05, 0) is 46.6 Å². The fraction of sp³-hybridized carbons (Fsp3) is 0.600. The van der Waals surface area contributed by atoms with E-state index < -0.39 is 18.3 Å². The largest absolute Gasteiger partial charge is 0.498 e. The fourth-order valence-corrected chi connectivity index (χ4v) is 2.16. The Kier molecular flexibility index (Phi) is 3.33. The zero-order valence-corrected chi connectivity index (χ0v) is 12.9. The molecule has 0 atom stereocenters. The zero-order valence-electron chi connectivity index (χ0n) is 12.9. The predicted octanol–water partition coefficient (Wildman–Crippen LogP) is 1.73. The highest BCUT2D eigenvalue weighted by molar-refractivity contribution is 6.63. The summed E-state index contributed by atoms with van der Waals surface area (Å²) in [4.78, 5) is 15.1. The number of carbonyl (C=O) groups is 1. The second-order valence-corrected chi connectivity index (χ2v) is 6.67. The highest BCUT2D eigenvalue weighted by atomic mass is 16.7. The number of carbonyl (C=O) groups excluding carboxylic acids is 1. The Morgan fingerprint density at radius 2 is 1.90 bits per heavy atom. The van der Waals surface area contributed by atoms with E-state index in [1.54, 1.807) is 12.3 Å². The monoisotopic (exact) mass is 289 g/mol. The average Bonchev–Trinajstić information content (AvgIpc) is 3.18. The van der Waals surface area contributed by atoms with Crippen LogP contribution in [0.3, 0.4) is 0 Å². The lowest BCUT2D eigenvalue weighted by Crippen LogP contribution is -2.41. The van der Waals surface area contributed by atoms with Gasteiger partial charge in [0.05, 0.1) is 23.5 Å². The number of nitrogens with zero attached hydrogens (tertiary/aromatic N) is 1. The van der Waals surface area contributed by atoms with Crippen LogP contribution in [0.1, 0.15) is 51.0 Å². The summed E-state index contributed by atoms with van der Waals surface area (Å²) < 4.78 is 18.0. The van der Waals surface area contributed by atoms with Gasteiger partial charge in [0.2, 0.25) is 0 Å². The molecule has 1 aliphatic carbocycles. The van der Waals surface area contributed by atoms with Crippen LogP contribution in [0.15, 0.2) is 12.3 Å². The van der Waals surface area contributed by atoms with Gasteiger partial charge in [0.15, 0.2) is 6.29 Å². The number of aromatic nitrogens is 1. The maximum absolute atomic E-state index is 11.0. The number of hydrogen-bond donors (Lipinski definition) is 0. The summed E-state index contributed by atoms with van der Waals surface area (Å²) in [5.41, 5.74) is 0.221. The van der Waals surface area contributed by atoms with E-state index in [9.17, 15) is 4.79 Å². The van der Waals surface area contributed by atoms with E-state index in [0.29, 0.717) is 11.4 Å². The van der Waals surface area contributed by atoms with Gasteiger partial charge in [-0.15, -0.1) is 0 Å². The van der Waals surface area contributed by atoms with Gasteiger partial charge in [0, 0.05) is 5.46 Å². The normalized spacial score (nSPS) is 23.1. The van der Waals surface area contributed by atoms with Crippen molar-refractivity contribution in [2.45, 2.75) is 57.8 Å². The van der Waals surface area contributed by atoms with Crippen LogP contribution >= 0.6 is 0 Å². The Hall–Kier alpha value is -1.40. The number of pyridine rings is 1. The summed E-state index contributed by atoms with van der Waals surface area (Å²) in [6.45, 7) is 7.99. The fourth-order valence-electron chi connectivity index (χ4n) is 2.16. The van der Waals surface area contributed by atoms with Gasteiger partial charge in [-0.2, -0.15) is 0 Å². The minimum absolute atomic E-state index is 0.245. The van der Waals surface area contributed by atoms with Gasteiger partial charge in [0.25, 0.3) is 0 Å². The van der Waals surface area contributed by atoms with Crippen LogP contribution in [-0.4, -0.2) is 35.7 Å². The number of rotatable bonds is 4. The Labute approximate surface area is 125 Å². The maximum atomic E-state index is 11.0. The van der Waals surface area contributed by atoms with Crippen molar-refractivity contribution in [3.05, 3.63) is 18.0 Å². The van der Waals surface area contributed by atoms with E-state index in [1.807, 2.05) is 27.7 Å². The lowest BCUT2D eigenvalue weighted by molar-refractivity contribution is 0.00578. The molecule has 1 aliphatic heterocycles. The minimum Gasteiger partial charge on any atom is -0.489 e. The minimum atomic E-state index is -0.551. The van der Waals surface area contributed by atoms with Gasteiger partial charge in [-0.25, -0.2) is 4.98 Å². The first-order valence-corrected chi connectivity index (χ1v) is 7.30. The first kappa shape index (κ1) is 14.5.